The molecule has 17 nitrogen and oxygen atoms in total. The second-order valence-corrected chi connectivity index (χ2v) is 28.2. The number of unbranched alkanes of at least 4 members (excludes halogenated alkanes) is 8. The highest BCUT2D eigenvalue weighted by Crippen LogP contribution is 2.61. The maximum Gasteiger partial charge on any atom is 0.167 e. The van der Waals surface area contributed by atoms with E-state index in [1.807, 2.05) is 0 Å². The Morgan fingerprint density at radius 2 is 0.629 bits per heavy atom. The molecule has 2 N–H and O–H groups in total. The Labute approximate surface area is 576 Å². The average Bonchev–Trinajstić information content (AvgIpc) is 1.63. The van der Waals surface area contributed by atoms with Crippen LogP contribution in [0.3, 0.4) is 0 Å². The molecule has 0 spiro atoms. The lowest BCUT2D eigenvalue weighted by Gasteiger charge is -2.47. The third-order valence-electron chi connectivity index (χ3n) is 21.4. The number of para-hydroxylation sites is 1. The van der Waals surface area contributed by atoms with Crippen LogP contribution in [0.1, 0.15) is 169 Å². The summed E-state index contributed by atoms with van der Waals surface area (Å²) in [5, 5.41) is 3.93. The van der Waals surface area contributed by atoms with Gasteiger partial charge in [0.15, 0.2) is 23.3 Å². The van der Waals surface area contributed by atoms with Gasteiger partial charge in [0.05, 0.1) is 72.8 Å². The number of H-pyrrole nitrogens is 2. The van der Waals surface area contributed by atoms with Crippen LogP contribution >= 0.6 is 0 Å². The van der Waals surface area contributed by atoms with E-state index in [2.05, 4.69) is 179 Å². The Morgan fingerprint density at radius 3 is 1.02 bits per heavy atom. The molecular weight excluding hydrogens is 1200 g/mol. The second kappa shape index (κ2) is 29.0. The van der Waals surface area contributed by atoms with E-state index >= 15 is 0 Å². The van der Waals surface area contributed by atoms with Crippen molar-refractivity contribution in [2.45, 2.75) is 172 Å². The predicted octanol–water partition coefficient (Wildman–Crippen LogP) is 18.2. The van der Waals surface area contributed by atoms with Crippen LogP contribution in [0.25, 0.3) is 89.7 Å². The van der Waals surface area contributed by atoms with E-state index < -0.39 is 0 Å². The molecule has 8 aromatic rings. The summed E-state index contributed by atoms with van der Waals surface area (Å²) in [6, 6.07) is 21.2. The summed E-state index contributed by atoms with van der Waals surface area (Å²) < 4.78 is 7.22. The summed E-state index contributed by atoms with van der Waals surface area (Å²) in [4.78, 5) is 65.9. The lowest BCUT2D eigenvalue weighted by atomic mass is 9.93. The van der Waals surface area contributed by atoms with Gasteiger partial charge in [-0.25, -0.2) is 29.9 Å². The normalized spacial score (nSPS) is 15.0. The van der Waals surface area contributed by atoms with Gasteiger partial charge in [0.25, 0.3) is 0 Å². The molecule has 97 heavy (non-hydrogen) atoms. The van der Waals surface area contributed by atoms with Gasteiger partial charge in [0.2, 0.25) is 0 Å². The van der Waals surface area contributed by atoms with Crippen molar-refractivity contribution in [3.8, 4) is 57.1 Å². The van der Waals surface area contributed by atoms with E-state index in [4.69, 9.17) is 34.6 Å². The maximum atomic E-state index is 7.22. The van der Waals surface area contributed by atoms with Crippen molar-refractivity contribution in [3.63, 3.8) is 0 Å². The SMILES string of the molecule is CCCCN1CCN(CCCC)c2c1c1c(c3c2N(CCCC)CCN3CCCC)-c2nc-1nc1[nH]c(nc3nc(nc4[nH]c(n2)c2c5c(c6c(c42)N(CCCC)CCN6CCCC)N(CCCC)CCN5CCCC)-c2ccccc2-3)c2cccc(Oc3c(C)cccc3C)c12. The first kappa shape index (κ1) is 65.9. The quantitative estimate of drug-likeness (QED) is 0.0530. The number of fused-ring (bicyclic) bond motifs is 30. The number of benzene rings is 5. The van der Waals surface area contributed by atoms with Crippen molar-refractivity contribution in [1.82, 2.24) is 39.9 Å². The molecule has 8 bridgehead atoms. The summed E-state index contributed by atoms with van der Waals surface area (Å²) in [5.74, 6) is 4.04. The minimum atomic E-state index is 0.586. The first-order chi connectivity index (χ1) is 47.6. The molecule has 0 saturated carbocycles. The molecule has 0 unspecified atom stereocenters. The van der Waals surface area contributed by atoms with Gasteiger partial charge in [-0.15, -0.1) is 0 Å². The van der Waals surface area contributed by atoms with E-state index in [1.165, 1.54) is 45.5 Å². The van der Waals surface area contributed by atoms with Gasteiger partial charge in [-0.2, -0.15) is 0 Å². The van der Waals surface area contributed by atoms with Crippen molar-refractivity contribution in [2.24, 2.45) is 0 Å². The zero-order chi connectivity index (χ0) is 66.8. The number of hydrogen-bond acceptors (Lipinski definition) is 15. The monoisotopic (exact) mass is 1310 g/mol. The predicted molar refractivity (Wildman–Crippen MR) is 409 cm³/mol. The van der Waals surface area contributed by atoms with Crippen LogP contribution in [0.4, 0.5) is 45.5 Å². The minimum absolute atomic E-state index is 0.586. The van der Waals surface area contributed by atoms with E-state index in [1.54, 1.807) is 0 Å². The van der Waals surface area contributed by atoms with E-state index in [9.17, 15) is 0 Å². The lowest BCUT2D eigenvalue weighted by molar-refractivity contribution is 0.481. The number of anilines is 8. The van der Waals surface area contributed by atoms with Crippen molar-refractivity contribution < 1.29 is 4.74 Å². The number of hydrogen-bond donors (Lipinski definition) is 2. The lowest BCUT2D eigenvalue weighted by Crippen LogP contribution is -2.47. The highest BCUT2D eigenvalue weighted by molar-refractivity contribution is 6.26. The van der Waals surface area contributed by atoms with Gasteiger partial charge < -0.3 is 53.9 Å². The molecule has 0 fully saturated rings. The summed E-state index contributed by atoms with van der Waals surface area (Å²) in [5.41, 5.74) is 19.3. The van der Waals surface area contributed by atoms with Crippen LogP contribution in [-0.4, -0.2) is 145 Å². The van der Waals surface area contributed by atoms with Crippen LogP contribution in [0.5, 0.6) is 11.5 Å². The van der Waals surface area contributed by atoms with E-state index in [0.717, 1.165) is 279 Å². The van der Waals surface area contributed by atoms with E-state index in [-0.39, 0.29) is 0 Å². The zero-order valence-electron chi connectivity index (χ0n) is 60.1. The minimum Gasteiger partial charge on any atom is -0.456 e. The van der Waals surface area contributed by atoms with Gasteiger partial charge in [-0.1, -0.05) is 161 Å². The van der Waals surface area contributed by atoms with Gasteiger partial charge >= 0.3 is 0 Å². The molecule has 0 amide bonds. The van der Waals surface area contributed by atoms with Gasteiger partial charge in [0.1, 0.15) is 34.1 Å². The first-order valence-electron chi connectivity index (χ1n) is 37.9. The fourth-order valence-corrected chi connectivity index (χ4v) is 16.2. The maximum absolute atomic E-state index is 7.22. The molecule has 6 aliphatic heterocycles. The molecule has 14 rings (SSSR count). The third kappa shape index (κ3) is 12.1. The number of aryl methyl sites for hydroxylation is 2. The van der Waals surface area contributed by atoms with Crippen LogP contribution in [-0.2, 0) is 0 Å². The molecule has 6 aliphatic rings. The number of nitrogens with zero attached hydrogens (tertiary/aromatic N) is 14. The smallest absolute Gasteiger partial charge is 0.167 e. The summed E-state index contributed by atoms with van der Waals surface area (Å²) >= 11 is 0. The number of rotatable bonds is 26. The van der Waals surface area contributed by atoms with Crippen LogP contribution in [0.15, 0.2) is 60.7 Å². The Morgan fingerprint density at radius 1 is 0.320 bits per heavy atom. The Kier molecular flexibility index (Phi) is 19.7. The van der Waals surface area contributed by atoms with E-state index in [0.29, 0.717) is 40.3 Å². The van der Waals surface area contributed by atoms with Gasteiger partial charge in [-0.3, -0.25) is 0 Å². The van der Waals surface area contributed by atoms with Crippen molar-refractivity contribution in [2.75, 3.05) is 144 Å². The Balaban J connectivity index is 1.23. The molecule has 9 heterocycles. The Hall–Kier alpha value is -8.34. The fourth-order valence-electron chi connectivity index (χ4n) is 16.2. The van der Waals surface area contributed by atoms with Gasteiger partial charge in [0, 0.05) is 121 Å². The molecular formula is C80H106N16O. The van der Waals surface area contributed by atoms with Crippen LogP contribution < -0.4 is 43.9 Å². The number of nitrogens with one attached hydrogen (secondary N) is 2. The second-order valence-electron chi connectivity index (χ2n) is 28.2. The summed E-state index contributed by atoms with van der Waals surface area (Å²) in [7, 11) is 0. The number of ether oxygens (including phenoxy) is 1. The molecule has 3 aromatic heterocycles. The largest absolute Gasteiger partial charge is 0.456 e. The highest BCUT2D eigenvalue weighted by Gasteiger charge is 2.44. The standard InChI is InChI=1S/C80H106N16O/c1-11-19-37-89-45-49-93(41-23-15-5)68-64(89)60-61(65-69(68)94(42-24-16-6)50-46-90(65)38-20-12-2)79-86-77(60)83-74-56-34-28-27-33-55(56)73(81-74)82-75-57-35-30-36-58(97-72-53(9)31-29-32-54(72)10)59(57)76(84-75)85-78-62-63(80(87-78)88-79)67-71(96(44-26-18-8)52-48-92(67)40-22-14-4)70-66(62)91(39-21-13-3)47-51-95(70)43-25-17-7/h27-36H,11-26,37-52H2,1-10H3,(H2,81,82,83,84,85,86,87,88). The number of aromatic nitrogens is 8. The van der Waals surface area contributed by atoms with Crippen molar-refractivity contribution in [1.29, 1.82) is 0 Å². The third-order valence-corrected chi connectivity index (χ3v) is 21.4. The molecule has 512 valence electrons. The molecule has 5 aromatic carbocycles. The highest BCUT2D eigenvalue weighted by atomic mass is 16.5. The molecule has 0 radical (unpaired) electrons. The van der Waals surface area contributed by atoms with Crippen molar-refractivity contribution in [3.05, 3.63) is 71.8 Å². The van der Waals surface area contributed by atoms with Crippen molar-refractivity contribution >= 4 is 89.6 Å². The Bertz CT molecular complexity index is 4340. The zero-order valence-corrected chi connectivity index (χ0v) is 60.1. The molecule has 17 heteroatoms. The van der Waals surface area contributed by atoms with Gasteiger partial charge in [-0.05, 0) is 82.4 Å². The molecule has 0 atom stereocenters. The fraction of sp³-hybridized carbons (Fsp3) is 0.525. The molecule has 0 saturated heterocycles. The molecule has 0 aliphatic carbocycles. The van der Waals surface area contributed by atoms with Crippen LogP contribution in [0.2, 0.25) is 0 Å². The van der Waals surface area contributed by atoms with Crippen LogP contribution in [0, 0.1) is 13.8 Å². The summed E-state index contributed by atoms with van der Waals surface area (Å²) in [6.45, 7) is 38.1. The topological polar surface area (TPSA) is 144 Å². The summed E-state index contributed by atoms with van der Waals surface area (Å²) in [6.07, 6.45) is 17.6. The first-order valence-corrected chi connectivity index (χ1v) is 37.9. The number of aromatic amines is 2. The average molecular weight is 1310 g/mol.